The summed E-state index contributed by atoms with van der Waals surface area (Å²) in [6.07, 6.45) is 5.51. The average Bonchev–Trinajstić information content (AvgIpc) is 3.26. The Kier molecular flexibility index (Phi) is 5.85. The van der Waals surface area contributed by atoms with Crippen molar-refractivity contribution in [2.24, 2.45) is 0 Å². The molecule has 3 heterocycles. The summed E-state index contributed by atoms with van der Waals surface area (Å²) >= 11 is 0. The smallest absolute Gasteiger partial charge is 0.312 e. The Morgan fingerprint density at radius 2 is 1.74 bits per heavy atom. The number of carbonyl (C=O) groups is 3. The molecule has 0 spiro atoms. The minimum atomic E-state index is -0.533. The monoisotopic (exact) mass is 370 g/mol. The summed E-state index contributed by atoms with van der Waals surface area (Å²) in [5.41, 5.74) is 1.06. The molecular formula is C19H22N4O4. The van der Waals surface area contributed by atoms with E-state index in [0.717, 1.165) is 5.56 Å². The fraction of sp³-hybridized carbons (Fsp3) is 0.368. The molecule has 0 N–H and O–H groups in total. The molecule has 1 aliphatic rings. The summed E-state index contributed by atoms with van der Waals surface area (Å²) < 4.78 is 5.12. The molecule has 27 heavy (non-hydrogen) atoms. The zero-order valence-electron chi connectivity index (χ0n) is 15.2. The molecule has 8 nitrogen and oxygen atoms in total. The molecule has 1 aliphatic heterocycles. The highest BCUT2D eigenvalue weighted by atomic mass is 16.3. The van der Waals surface area contributed by atoms with E-state index in [2.05, 4.69) is 4.98 Å². The molecule has 0 aliphatic carbocycles. The fourth-order valence-electron chi connectivity index (χ4n) is 2.92. The summed E-state index contributed by atoms with van der Waals surface area (Å²) in [7, 11) is 1.62. The van der Waals surface area contributed by atoms with Crippen molar-refractivity contribution < 1.29 is 18.8 Å². The second-order valence-electron chi connectivity index (χ2n) is 6.39. The predicted molar refractivity (Wildman–Crippen MR) is 96.8 cm³/mol. The molecule has 1 fully saturated rings. The Bertz CT molecular complexity index is 783. The van der Waals surface area contributed by atoms with Crippen molar-refractivity contribution in [1.29, 1.82) is 0 Å². The third kappa shape index (κ3) is 4.52. The van der Waals surface area contributed by atoms with E-state index in [1.54, 1.807) is 36.5 Å². The quantitative estimate of drug-likeness (QED) is 0.738. The van der Waals surface area contributed by atoms with Crippen molar-refractivity contribution >= 4 is 17.7 Å². The van der Waals surface area contributed by atoms with Gasteiger partial charge in [-0.2, -0.15) is 0 Å². The molecule has 8 heteroatoms. The number of furan rings is 1. The van der Waals surface area contributed by atoms with Crippen LogP contribution >= 0.6 is 0 Å². The van der Waals surface area contributed by atoms with Gasteiger partial charge < -0.3 is 19.1 Å². The molecule has 1 saturated heterocycles. The maximum absolute atomic E-state index is 12.5. The van der Waals surface area contributed by atoms with E-state index < -0.39 is 11.8 Å². The molecule has 0 bridgehead atoms. The van der Waals surface area contributed by atoms with E-state index in [-0.39, 0.29) is 11.7 Å². The van der Waals surface area contributed by atoms with Crippen LogP contribution < -0.4 is 0 Å². The Labute approximate surface area is 157 Å². The first kappa shape index (κ1) is 18.6. The number of hydrogen-bond donors (Lipinski definition) is 0. The first-order valence-electron chi connectivity index (χ1n) is 8.82. The number of rotatable bonds is 4. The van der Waals surface area contributed by atoms with Gasteiger partial charge in [0.2, 0.25) is 0 Å². The zero-order valence-corrected chi connectivity index (χ0v) is 15.2. The molecule has 3 rings (SSSR count). The van der Waals surface area contributed by atoms with E-state index in [1.165, 1.54) is 16.1 Å². The summed E-state index contributed by atoms with van der Waals surface area (Å²) in [5, 5.41) is 0. The van der Waals surface area contributed by atoms with E-state index in [0.29, 0.717) is 39.1 Å². The molecular weight excluding hydrogens is 348 g/mol. The lowest BCUT2D eigenvalue weighted by Crippen LogP contribution is -2.54. The maximum atomic E-state index is 12.5. The molecule has 0 radical (unpaired) electrons. The van der Waals surface area contributed by atoms with Gasteiger partial charge in [-0.1, -0.05) is 0 Å². The molecule has 0 unspecified atom stereocenters. The van der Waals surface area contributed by atoms with Crippen LogP contribution in [-0.4, -0.2) is 77.2 Å². The molecule has 0 saturated carbocycles. The minimum Gasteiger partial charge on any atom is -0.459 e. The number of likely N-dealkylation sites (N-methyl/N-ethyl adjacent to an activating group) is 1. The standard InChI is InChI=1S/C19H22N4O4/c1-21(9-6-15-4-7-20-8-5-15)18(25)19(26)23-12-10-22(11-13-23)17(24)16-3-2-14-27-16/h2-5,7-8,14H,6,9-13H2,1H3. The van der Waals surface area contributed by atoms with Gasteiger partial charge in [-0.05, 0) is 36.2 Å². The van der Waals surface area contributed by atoms with E-state index in [9.17, 15) is 14.4 Å². The Hall–Kier alpha value is -3.16. The Morgan fingerprint density at radius 3 is 2.37 bits per heavy atom. The lowest BCUT2D eigenvalue weighted by Gasteiger charge is -2.34. The normalized spacial score (nSPS) is 14.1. The Balaban J connectivity index is 1.48. The molecule has 2 aromatic rings. The van der Waals surface area contributed by atoms with Crippen LogP contribution in [0.1, 0.15) is 16.1 Å². The third-order valence-corrected chi connectivity index (χ3v) is 4.60. The number of carbonyl (C=O) groups excluding carboxylic acids is 3. The maximum Gasteiger partial charge on any atom is 0.312 e. The molecule has 3 amide bonds. The first-order valence-corrected chi connectivity index (χ1v) is 8.82. The second kappa shape index (κ2) is 8.48. The van der Waals surface area contributed by atoms with Crippen LogP contribution in [0, 0.1) is 0 Å². The van der Waals surface area contributed by atoms with Crippen LogP contribution in [0.2, 0.25) is 0 Å². The topological polar surface area (TPSA) is 87.0 Å². The van der Waals surface area contributed by atoms with Gasteiger partial charge in [0, 0.05) is 52.2 Å². The summed E-state index contributed by atoms with van der Waals surface area (Å²) in [4.78, 5) is 45.6. The summed E-state index contributed by atoms with van der Waals surface area (Å²) in [6.45, 7) is 1.86. The lowest BCUT2D eigenvalue weighted by molar-refractivity contribution is -0.151. The second-order valence-corrected chi connectivity index (χ2v) is 6.39. The van der Waals surface area contributed by atoms with Crippen molar-refractivity contribution in [1.82, 2.24) is 19.7 Å². The number of hydrogen-bond acceptors (Lipinski definition) is 5. The number of pyridine rings is 1. The third-order valence-electron chi connectivity index (χ3n) is 4.60. The van der Waals surface area contributed by atoms with Crippen LogP contribution in [0.5, 0.6) is 0 Å². The number of piperazine rings is 1. The number of nitrogens with zero attached hydrogens (tertiary/aromatic N) is 4. The fourth-order valence-corrected chi connectivity index (χ4v) is 2.92. The van der Waals surface area contributed by atoms with Gasteiger partial charge in [-0.15, -0.1) is 0 Å². The molecule has 2 aromatic heterocycles. The van der Waals surface area contributed by atoms with Crippen LogP contribution in [-0.2, 0) is 16.0 Å². The molecule has 0 aromatic carbocycles. The highest BCUT2D eigenvalue weighted by Crippen LogP contribution is 2.10. The van der Waals surface area contributed by atoms with Crippen LogP contribution in [0.4, 0.5) is 0 Å². The van der Waals surface area contributed by atoms with Gasteiger partial charge in [0.1, 0.15) is 0 Å². The first-order chi connectivity index (χ1) is 13.1. The summed E-state index contributed by atoms with van der Waals surface area (Å²) in [6, 6.07) is 7.04. The van der Waals surface area contributed by atoms with Crippen LogP contribution in [0.15, 0.2) is 47.3 Å². The number of aromatic nitrogens is 1. The summed E-state index contributed by atoms with van der Waals surface area (Å²) in [5.74, 6) is -0.984. The van der Waals surface area contributed by atoms with Gasteiger partial charge >= 0.3 is 11.8 Å². The van der Waals surface area contributed by atoms with E-state index in [4.69, 9.17) is 4.42 Å². The highest BCUT2D eigenvalue weighted by Gasteiger charge is 2.30. The van der Waals surface area contributed by atoms with Gasteiger partial charge in [-0.3, -0.25) is 19.4 Å². The molecule has 142 valence electrons. The zero-order chi connectivity index (χ0) is 19.2. The minimum absolute atomic E-state index is 0.201. The van der Waals surface area contributed by atoms with Crippen molar-refractivity contribution in [2.45, 2.75) is 6.42 Å². The average molecular weight is 370 g/mol. The SMILES string of the molecule is CN(CCc1ccncc1)C(=O)C(=O)N1CCN(C(=O)c2ccco2)CC1. The van der Waals surface area contributed by atoms with Crippen molar-refractivity contribution in [3.8, 4) is 0 Å². The van der Waals surface area contributed by atoms with E-state index >= 15 is 0 Å². The van der Waals surface area contributed by atoms with Crippen molar-refractivity contribution in [2.75, 3.05) is 39.8 Å². The Morgan fingerprint density at radius 1 is 1.07 bits per heavy atom. The largest absolute Gasteiger partial charge is 0.459 e. The van der Waals surface area contributed by atoms with E-state index in [1.807, 2.05) is 12.1 Å². The van der Waals surface area contributed by atoms with Crippen LogP contribution in [0.25, 0.3) is 0 Å². The van der Waals surface area contributed by atoms with Gasteiger partial charge in [0.25, 0.3) is 5.91 Å². The lowest BCUT2D eigenvalue weighted by atomic mass is 10.2. The van der Waals surface area contributed by atoms with Crippen LogP contribution in [0.3, 0.4) is 0 Å². The van der Waals surface area contributed by atoms with Gasteiger partial charge in [-0.25, -0.2) is 0 Å². The van der Waals surface area contributed by atoms with Gasteiger partial charge in [0.05, 0.1) is 6.26 Å². The van der Waals surface area contributed by atoms with Crippen molar-refractivity contribution in [3.05, 3.63) is 54.2 Å². The highest BCUT2D eigenvalue weighted by molar-refractivity contribution is 6.34. The number of amides is 3. The van der Waals surface area contributed by atoms with Crippen molar-refractivity contribution in [3.63, 3.8) is 0 Å². The van der Waals surface area contributed by atoms with Gasteiger partial charge in [0.15, 0.2) is 5.76 Å². The molecule has 0 atom stereocenters. The predicted octanol–water partition coefficient (Wildman–Crippen LogP) is 0.660.